The second kappa shape index (κ2) is 9.22. The summed E-state index contributed by atoms with van der Waals surface area (Å²) >= 11 is 0. The van der Waals surface area contributed by atoms with Crippen LogP contribution in [0.15, 0.2) is 54.6 Å². The van der Waals surface area contributed by atoms with Crippen LogP contribution in [0.1, 0.15) is 26.3 Å². The standard InChI is InChI=1S/C19H21N3O3/c1-14-7-9-16(10-8-14)18(24)21-12-11-20-17(23)13-22-19(25)15-5-3-2-4-6-15/h2-10H,11-13H2,1H3,(H,20,23)(H,21,24)(H,22,25). The van der Waals surface area contributed by atoms with Crippen LogP contribution in [0.4, 0.5) is 0 Å². The monoisotopic (exact) mass is 339 g/mol. The highest BCUT2D eigenvalue weighted by atomic mass is 16.2. The maximum Gasteiger partial charge on any atom is 0.251 e. The molecule has 0 aliphatic heterocycles. The number of rotatable bonds is 7. The Labute approximate surface area is 146 Å². The zero-order valence-electron chi connectivity index (χ0n) is 14.0. The number of aryl methyl sites for hydroxylation is 1. The van der Waals surface area contributed by atoms with Crippen molar-refractivity contribution in [1.29, 1.82) is 0 Å². The van der Waals surface area contributed by atoms with Gasteiger partial charge >= 0.3 is 0 Å². The highest BCUT2D eigenvalue weighted by molar-refractivity contribution is 5.96. The van der Waals surface area contributed by atoms with Gasteiger partial charge in [-0.25, -0.2) is 0 Å². The van der Waals surface area contributed by atoms with Crippen molar-refractivity contribution in [3.63, 3.8) is 0 Å². The molecule has 0 fully saturated rings. The van der Waals surface area contributed by atoms with E-state index in [1.165, 1.54) is 0 Å². The predicted octanol–water partition coefficient (Wildman–Crippen LogP) is 1.27. The van der Waals surface area contributed by atoms with E-state index in [9.17, 15) is 14.4 Å². The fraction of sp³-hybridized carbons (Fsp3) is 0.211. The molecular weight excluding hydrogens is 318 g/mol. The molecule has 0 spiro atoms. The van der Waals surface area contributed by atoms with Crippen molar-refractivity contribution < 1.29 is 14.4 Å². The van der Waals surface area contributed by atoms with Crippen LogP contribution < -0.4 is 16.0 Å². The Hall–Kier alpha value is -3.15. The number of hydrogen-bond donors (Lipinski definition) is 3. The van der Waals surface area contributed by atoms with Crippen LogP contribution >= 0.6 is 0 Å². The predicted molar refractivity (Wildman–Crippen MR) is 95.3 cm³/mol. The quantitative estimate of drug-likeness (QED) is 0.664. The van der Waals surface area contributed by atoms with Crippen LogP contribution in [0.25, 0.3) is 0 Å². The average molecular weight is 339 g/mol. The Bertz CT molecular complexity index is 727. The lowest BCUT2D eigenvalue weighted by Gasteiger charge is -2.08. The van der Waals surface area contributed by atoms with Crippen LogP contribution in [-0.2, 0) is 4.79 Å². The molecule has 0 aliphatic carbocycles. The van der Waals surface area contributed by atoms with Crippen molar-refractivity contribution in [2.45, 2.75) is 6.92 Å². The first-order chi connectivity index (χ1) is 12.1. The molecule has 0 aliphatic rings. The molecule has 3 N–H and O–H groups in total. The molecule has 0 saturated heterocycles. The fourth-order valence-electron chi connectivity index (χ4n) is 2.10. The lowest BCUT2D eigenvalue weighted by atomic mass is 10.1. The largest absolute Gasteiger partial charge is 0.353 e. The smallest absolute Gasteiger partial charge is 0.251 e. The van der Waals surface area contributed by atoms with Gasteiger partial charge in [0.25, 0.3) is 11.8 Å². The summed E-state index contributed by atoms with van der Waals surface area (Å²) in [6.07, 6.45) is 0. The van der Waals surface area contributed by atoms with E-state index in [0.717, 1.165) is 5.56 Å². The minimum Gasteiger partial charge on any atom is -0.353 e. The Kier molecular flexibility index (Phi) is 6.71. The van der Waals surface area contributed by atoms with E-state index in [1.54, 1.807) is 36.4 Å². The van der Waals surface area contributed by atoms with Crippen LogP contribution in [0.5, 0.6) is 0 Å². The summed E-state index contributed by atoms with van der Waals surface area (Å²) in [7, 11) is 0. The van der Waals surface area contributed by atoms with Gasteiger partial charge in [0.15, 0.2) is 0 Å². The van der Waals surface area contributed by atoms with Crippen LogP contribution in [-0.4, -0.2) is 37.4 Å². The molecule has 0 radical (unpaired) electrons. The summed E-state index contributed by atoms with van der Waals surface area (Å²) in [5.41, 5.74) is 2.16. The van der Waals surface area contributed by atoms with Gasteiger partial charge in [0.2, 0.25) is 5.91 Å². The molecule has 0 saturated carbocycles. The summed E-state index contributed by atoms with van der Waals surface area (Å²) in [5, 5.41) is 7.90. The van der Waals surface area contributed by atoms with Gasteiger partial charge < -0.3 is 16.0 Å². The molecule has 25 heavy (non-hydrogen) atoms. The van der Waals surface area contributed by atoms with Gasteiger partial charge in [-0.3, -0.25) is 14.4 Å². The van der Waals surface area contributed by atoms with E-state index in [4.69, 9.17) is 0 Å². The van der Waals surface area contributed by atoms with E-state index < -0.39 is 0 Å². The zero-order valence-corrected chi connectivity index (χ0v) is 14.0. The van der Waals surface area contributed by atoms with Crippen LogP contribution in [0.2, 0.25) is 0 Å². The maximum atomic E-state index is 11.9. The lowest BCUT2D eigenvalue weighted by Crippen LogP contribution is -2.40. The molecule has 2 rings (SSSR count). The van der Waals surface area contributed by atoms with Crippen LogP contribution in [0, 0.1) is 6.92 Å². The number of nitrogens with one attached hydrogen (secondary N) is 3. The molecule has 2 aromatic carbocycles. The van der Waals surface area contributed by atoms with Gasteiger partial charge in [-0.05, 0) is 31.2 Å². The average Bonchev–Trinajstić information content (AvgIpc) is 2.64. The second-order valence-electron chi connectivity index (χ2n) is 5.52. The van der Waals surface area contributed by atoms with Gasteiger partial charge in [-0.2, -0.15) is 0 Å². The first-order valence-corrected chi connectivity index (χ1v) is 8.01. The van der Waals surface area contributed by atoms with Gasteiger partial charge in [0.1, 0.15) is 0 Å². The number of hydrogen-bond acceptors (Lipinski definition) is 3. The maximum absolute atomic E-state index is 11.9. The zero-order chi connectivity index (χ0) is 18.1. The van der Waals surface area contributed by atoms with E-state index >= 15 is 0 Å². The third-order valence-electron chi connectivity index (χ3n) is 3.49. The van der Waals surface area contributed by atoms with E-state index in [0.29, 0.717) is 17.7 Å². The van der Waals surface area contributed by atoms with E-state index in [2.05, 4.69) is 16.0 Å². The van der Waals surface area contributed by atoms with Gasteiger partial charge in [0.05, 0.1) is 6.54 Å². The van der Waals surface area contributed by atoms with Crippen molar-refractivity contribution >= 4 is 17.7 Å². The number of amides is 3. The first-order valence-electron chi connectivity index (χ1n) is 8.01. The topological polar surface area (TPSA) is 87.3 Å². The second-order valence-corrected chi connectivity index (χ2v) is 5.52. The molecule has 0 aromatic heterocycles. The molecule has 130 valence electrons. The van der Waals surface area contributed by atoms with Gasteiger partial charge in [0, 0.05) is 24.2 Å². The van der Waals surface area contributed by atoms with Crippen molar-refractivity contribution in [3.05, 3.63) is 71.3 Å². The highest BCUT2D eigenvalue weighted by Gasteiger charge is 2.07. The normalized spacial score (nSPS) is 9.96. The third kappa shape index (κ3) is 6.10. The van der Waals surface area contributed by atoms with Crippen molar-refractivity contribution in [3.8, 4) is 0 Å². The molecule has 2 aromatic rings. The minimum absolute atomic E-state index is 0.111. The number of carbonyl (C=O) groups is 3. The first kappa shape index (κ1) is 18.2. The van der Waals surface area contributed by atoms with Gasteiger partial charge in [-0.1, -0.05) is 35.9 Å². The Morgan fingerprint density at radius 2 is 1.28 bits per heavy atom. The molecule has 6 heteroatoms. The number of benzene rings is 2. The Morgan fingerprint density at radius 1 is 0.720 bits per heavy atom. The van der Waals surface area contributed by atoms with Gasteiger partial charge in [-0.15, -0.1) is 0 Å². The molecule has 0 unspecified atom stereocenters. The summed E-state index contributed by atoms with van der Waals surface area (Å²) in [5.74, 6) is -0.802. The summed E-state index contributed by atoms with van der Waals surface area (Å²) in [6, 6.07) is 15.9. The number of carbonyl (C=O) groups excluding carboxylic acids is 3. The van der Waals surface area contributed by atoms with Crippen molar-refractivity contribution in [2.75, 3.05) is 19.6 Å². The van der Waals surface area contributed by atoms with E-state index in [-0.39, 0.29) is 30.8 Å². The van der Waals surface area contributed by atoms with Crippen LogP contribution in [0.3, 0.4) is 0 Å². The SMILES string of the molecule is Cc1ccc(C(=O)NCCNC(=O)CNC(=O)c2ccccc2)cc1. The fourth-order valence-corrected chi connectivity index (χ4v) is 2.10. The molecule has 6 nitrogen and oxygen atoms in total. The minimum atomic E-state index is -0.311. The molecular formula is C19H21N3O3. The highest BCUT2D eigenvalue weighted by Crippen LogP contribution is 2.02. The molecule has 0 bridgehead atoms. The molecule has 3 amide bonds. The molecule has 0 heterocycles. The van der Waals surface area contributed by atoms with Crippen molar-refractivity contribution in [2.24, 2.45) is 0 Å². The summed E-state index contributed by atoms with van der Waals surface area (Å²) in [6.45, 7) is 2.44. The van der Waals surface area contributed by atoms with Crippen molar-refractivity contribution in [1.82, 2.24) is 16.0 Å². The lowest BCUT2D eigenvalue weighted by molar-refractivity contribution is -0.120. The third-order valence-corrected chi connectivity index (χ3v) is 3.49. The summed E-state index contributed by atoms with van der Waals surface area (Å²) in [4.78, 5) is 35.4. The Morgan fingerprint density at radius 3 is 1.96 bits per heavy atom. The molecule has 0 atom stereocenters. The Balaban J connectivity index is 1.63. The summed E-state index contributed by atoms with van der Waals surface area (Å²) < 4.78 is 0. The van der Waals surface area contributed by atoms with E-state index in [1.807, 2.05) is 25.1 Å².